The Morgan fingerprint density at radius 1 is 1.07 bits per heavy atom. The Balaban J connectivity index is 1.65. The van der Waals surface area contributed by atoms with Crippen LogP contribution >= 0.6 is 0 Å². The number of piperazine rings is 1. The van der Waals surface area contributed by atoms with Gasteiger partial charge in [0.15, 0.2) is 0 Å². The third-order valence-electron chi connectivity index (χ3n) is 4.62. The number of nitrogen functional groups attached to an aromatic ring is 1. The van der Waals surface area contributed by atoms with Crippen molar-refractivity contribution >= 4 is 23.0 Å². The van der Waals surface area contributed by atoms with Crippen molar-refractivity contribution in [3.8, 4) is 5.75 Å². The first-order chi connectivity index (χ1) is 12.9. The van der Waals surface area contributed by atoms with Gasteiger partial charge in [-0.15, -0.1) is 0 Å². The number of likely N-dealkylation sites (N-methyl/N-ethyl adjacent to an activating group) is 1. The van der Waals surface area contributed by atoms with Crippen molar-refractivity contribution in [2.24, 2.45) is 0 Å². The second-order valence-electron chi connectivity index (χ2n) is 7.21. The Hall–Kier alpha value is -2.73. The first kappa shape index (κ1) is 19.0. The fourth-order valence-corrected chi connectivity index (χ4v) is 3.13. The molecule has 144 valence electrons. The highest BCUT2D eigenvalue weighted by molar-refractivity contribution is 6.04. The van der Waals surface area contributed by atoms with E-state index in [0.29, 0.717) is 16.9 Å². The smallest absolute Gasteiger partial charge is 0.255 e. The fraction of sp³-hybridized carbons (Fsp3) is 0.381. The van der Waals surface area contributed by atoms with Crippen LogP contribution in [0.5, 0.6) is 5.75 Å². The molecular formula is C21H28N4O2. The summed E-state index contributed by atoms with van der Waals surface area (Å²) < 4.78 is 5.60. The van der Waals surface area contributed by atoms with Crippen molar-refractivity contribution in [3.63, 3.8) is 0 Å². The molecule has 0 aliphatic carbocycles. The second kappa shape index (κ2) is 8.31. The van der Waals surface area contributed by atoms with Gasteiger partial charge >= 0.3 is 0 Å². The van der Waals surface area contributed by atoms with Crippen molar-refractivity contribution < 1.29 is 9.53 Å². The number of nitrogens with zero attached hydrogens (tertiary/aromatic N) is 2. The van der Waals surface area contributed by atoms with Gasteiger partial charge in [0.1, 0.15) is 5.75 Å². The number of rotatable bonds is 5. The van der Waals surface area contributed by atoms with E-state index in [1.54, 1.807) is 24.3 Å². The van der Waals surface area contributed by atoms with E-state index in [0.717, 1.165) is 37.6 Å². The first-order valence-corrected chi connectivity index (χ1v) is 9.33. The van der Waals surface area contributed by atoms with E-state index in [2.05, 4.69) is 22.2 Å². The van der Waals surface area contributed by atoms with Gasteiger partial charge < -0.3 is 25.6 Å². The van der Waals surface area contributed by atoms with Gasteiger partial charge in [0.25, 0.3) is 5.91 Å². The molecule has 1 heterocycles. The van der Waals surface area contributed by atoms with Crippen LogP contribution in [0.2, 0.25) is 0 Å². The van der Waals surface area contributed by atoms with Crippen molar-refractivity contribution in [1.82, 2.24) is 4.90 Å². The maximum atomic E-state index is 12.5. The first-order valence-electron chi connectivity index (χ1n) is 9.33. The Morgan fingerprint density at radius 2 is 1.74 bits per heavy atom. The van der Waals surface area contributed by atoms with Crippen molar-refractivity contribution in [2.75, 3.05) is 49.2 Å². The molecule has 2 aromatic carbocycles. The van der Waals surface area contributed by atoms with Gasteiger partial charge in [0.05, 0.1) is 17.5 Å². The molecule has 1 aliphatic heterocycles. The number of hydrogen-bond donors (Lipinski definition) is 2. The van der Waals surface area contributed by atoms with Gasteiger partial charge in [-0.3, -0.25) is 4.79 Å². The summed E-state index contributed by atoms with van der Waals surface area (Å²) in [6.07, 6.45) is 0.103. The average molecular weight is 368 g/mol. The molecule has 0 saturated carbocycles. The number of ether oxygens (including phenoxy) is 1. The minimum absolute atomic E-state index is 0.103. The third-order valence-corrected chi connectivity index (χ3v) is 4.62. The Kier molecular flexibility index (Phi) is 5.86. The van der Waals surface area contributed by atoms with E-state index in [1.165, 1.54) is 0 Å². The molecule has 0 aromatic heterocycles. The summed E-state index contributed by atoms with van der Waals surface area (Å²) in [4.78, 5) is 17.1. The zero-order valence-electron chi connectivity index (χ0n) is 16.2. The normalized spacial score (nSPS) is 15.0. The van der Waals surface area contributed by atoms with Gasteiger partial charge in [-0.2, -0.15) is 0 Å². The van der Waals surface area contributed by atoms with Crippen LogP contribution in [0.15, 0.2) is 42.5 Å². The summed E-state index contributed by atoms with van der Waals surface area (Å²) in [5.74, 6) is 0.583. The van der Waals surface area contributed by atoms with E-state index in [-0.39, 0.29) is 12.0 Å². The molecular weight excluding hydrogens is 340 g/mol. The summed E-state index contributed by atoms with van der Waals surface area (Å²) in [5.41, 5.74) is 9.22. The molecule has 3 rings (SSSR count). The lowest BCUT2D eigenvalue weighted by Crippen LogP contribution is -2.44. The zero-order valence-corrected chi connectivity index (χ0v) is 16.2. The zero-order chi connectivity index (χ0) is 19.4. The fourth-order valence-electron chi connectivity index (χ4n) is 3.13. The summed E-state index contributed by atoms with van der Waals surface area (Å²) in [6, 6.07) is 12.8. The Bertz CT molecular complexity index is 781. The van der Waals surface area contributed by atoms with Crippen LogP contribution in [0.25, 0.3) is 0 Å². The van der Waals surface area contributed by atoms with Crippen LogP contribution in [0.4, 0.5) is 17.1 Å². The molecule has 2 aromatic rings. The Labute approximate surface area is 160 Å². The van der Waals surface area contributed by atoms with Gasteiger partial charge in [-0.25, -0.2) is 0 Å². The SMILES string of the molecule is CC(C)Oc1ccc(C(=O)Nc2ccc(N3CCN(C)CC3)c(N)c2)cc1. The monoisotopic (exact) mass is 368 g/mol. The van der Waals surface area contributed by atoms with Crippen molar-refractivity contribution in [2.45, 2.75) is 20.0 Å². The number of anilines is 3. The molecule has 6 nitrogen and oxygen atoms in total. The third kappa shape index (κ3) is 4.92. The van der Waals surface area contributed by atoms with E-state index < -0.39 is 0 Å². The summed E-state index contributed by atoms with van der Waals surface area (Å²) >= 11 is 0. The lowest BCUT2D eigenvalue weighted by Gasteiger charge is -2.34. The van der Waals surface area contributed by atoms with Gasteiger partial charge in [0, 0.05) is 37.4 Å². The lowest BCUT2D eigenvalue weighted by molar-refractivity contribution is 0.102. The quantitative estimate of drug-likeness (QED) is 0.794. The standard InChI is InChI=1S/C21H28N4O2/c1-15(2)27-18-7-4-16(5-8-18)21(26)23-17-6-9-20(19(22)14-17)25-12-10-24(3)11-13-25/h4-9,14-15H,10-13,22H2,1-3H3,(H,23,26). The van der Waals surface area contributed by atoms with Gasteiger partial charge in [-0.05, 0) is 63.4 Å². The Morgan fingerprint density at radius 3 is 2.33 bits per heavy atom. The number of carbonyl (C=O) groups excluding carboxylic acids is 1. The molecule has 6 heteroatoms. The molecule has 27 heavy (non-hydrogen) atoms. The van der Waals surface area contributed by atoms with Gasteiger partial charge in [-0.1, -0.05) is 0 Å². The summed E-state index contributed by atoms with van der Waals surface area (Å²) in [5, 5.41) is 2.91. The van der Waals surface area contributed by atoms with E-state index >= 15 is 0 Å². The van der Waals surface area contributed by atoms with Crippen molar-refractivity contribution in [1.29, 1.82) is 0 Å². The maximum Gasteiger partial charge on any atom is 0.255 e. The van der Waals surface area contributed by atoms with Crippen LogP contribution in [-0.2, 0) is 0 Å². The highest BCUT2D eigenvalue weighted by atomic mass is 16.5. The molecule has 1 saturated heterocycles. The number of nitrogens with one attached hydrogen (secondary N) is 1. The average Bonchev–Trinajstić information content (AvgIpc) is 2.63. The number of benzene rings is 2. The van der Waals surface area contributed by atoms with Crippen LogP contribution in [0, 0.1) is 0 Å². The molecule has 0 radical (unpaired) electrons. The maximum absolute atomic E-state index is 12.5. The minimum Gasteiger partial charge on any atom is -0.491 e. The summed E-state index contributed by atoms with van der Waals surface area (Å²) in [6.45, 7) is 7.89. The van der Waals surface area contributed by atoms with E-state index in [1.807, 2.05) is 32.0 Å². The number of hydrogen-bond acceptors (Lipinski definition) is 5. The highest BCUT2D eigenvalue weighted by Gasteiger charge is 2.17. The summed E-state index contributed by atoms with van der Waals surface area (Å²) in [7, 11) is 2.13. The van der Waals surface area contributed by atoms with Crippen LogP contribution in [-0.4, -0.2) is 50.1 Å². The number of amides is 1. The van der Waals surface area contributed by atoms with Crippen LogP contribution in [0.1, 0.15) is 24.2 Å². The topological polar surface area (TPSA) is 70.8 Å². The minimum atomic E-state index is -0.169. The van der Waals surface area contributed by atoms with Crippen LogP contribution in [0.3, 0.4) is 0 Å². The lowest BCUT2D eigenvalue weighted by atomic mass is 10.1. The van der Waals surface area contributed by atoms with E-state index in [4.69, 9.17) is 10.5 Å². The molecule has 0 bridgehead atoms. The number of nitrogens with two attached hydrogens (primary N) is 1. The predicted octanol–water partition coefficient (Wildman–Crippen LogP) is 3.06. The molecule has 1 fully saturated rings. The molecule has 1 amide bonds. The van der Waals surface area contributed by atoms with Gasteiger partial charge in [0.2, 0.25) is 0 Å². The molecule has 0 unspecified atom stereocenters. The molecule has 0 spiro atoms. The largest absolute Gasteiger partial charge is 0.491 e. The van der Waals surface area contributed by atoms with Crippen molar-refractivity contribution in [3.05, 3.63) is 48.0 Å². The second-order valence-corrected chi connectivity index (χ2v) is 7.21. The number of carbonyl (C=O) groups is 1. The van der Waals surface area contributed by atoms with Crippen LogP contribution < -0.4 is 20.7 Å². The molecule has 1 aliphatic rings. The molecule has 3 N–H and O–H groups in total. The highest BCUT2D eigenvalue weighted by Crippen LogP contribution is 2.27. The predicted molar refractivity (Wildman–Crippen MR) is 111 cm³/mol. The molecule has 0 atom stereocenters. The van der Waals surface area contributed by atoms with E-state index in [9.17, 15) is 4.79 Å².